The number of hydrogen-bond donors (Lipinski definition) is 0. The summed E-state index contributed by atoms with van der Waals surface area (Å²) in [5.41, 5.74) is 0. The molecule has 0 spiro atoms. The molecule has 0 aliphatic heterocycles. The van der Waals surface area contributed by atoms with Crippen LogP contribution < -0.4 is 0 Å². The van der Waals surface area contributed by atoms with Crippen LogP contribution in [0.1, 0.15) is 0 Å². The molecule has 4 heteroatoms. The zero-order valence-corrected chi connectivity index (χ0v) is 3.14. The second-order valence-electron chi connectivity index (χ2n) is 0.236. The van der Waals surface area contributed by atoms with Crippen LogP contribution in [0.5, 0.6) is 0 Å². The fourth-order valence-corrected chi connectivity index (χ4v) is 0. The second kappa shape index (κ2) is 9.37. The van der Waals surface area contributed by atoms with E-state index < -0.39 is 9.28 Å². The van der Waals surface area contributed by atoms with Gasteiger partial charge in [0.05, 0.1) is 0 Å². The van der Waals surface area contributed by atoms with Crippen molar-refractivity contribution in [2.45, 2.75) is 0 Å². The van der Waals surface area contributed by atoms with E-state index in [9.17, 15) is 0 Å². The van der Waals surface area contributed by atoms with E-state index in [-0.39, 0.29) is 18.9 Å². The Bertz CT molecular complexity index is 15.5. The Morgan fingerprint density at radius 2 is 1.75 bits per heavy atom. The van der Waals surface area contributed by atoms with Gasteiger partial charge in [-0.15, -0.1) is 0 Å². The van der Waals surface area contributed by atoms with Gasteiger partial charge >= 0.3 is 18.9 Å². The van der Waals surface area contributed by atoms with Crippen LogP contribution in [-0.4, -0.2) is 35.6 Å². The normalized spacial score (nSPS) is 3.00. The predicted octanol–water partition coefficient (Wildman–Crippen LogP) is -2.33. The summed E-state index contributed by atoms with van der Waals surface area (Å²) in [6.07, 6.45) is 0. The van der Waals surface area contributed by atoms with Crippen molar-refractivity contribution in [1.29, 1.82) is 0 Å². The molecule has 0 saturated carbocycles. The molecule has 0 aromatic carbocycles. The molecule has 0 bridgehead atoms. The third-order valence-corrected chi connectivity index (χ3v) is 0. The van der Waals surface area contributed by atoms with Gasteiger partial charge in [-0.25, -0.2) is 0 Å². The van der Waals surface area contributed by atoms with E-state index in [1.54, 1.807) is 7.44 Å². The molecule has 0 amide bonds. The quantitative estimate of drug-likeness (QED) is 0.290. The molecule has 0 heterocycles. The zero-order valence-electron chi connectivity index (χ0n) is 1.99. The van der Waals surface area contributed by atoms with Crippen molar-refractivity contribution in [1.82, 2.24) is 0 Å². The van der Waals surface area contributed by atoms with Crippen LogP contribution in [0.25, 0.3) is 0 Å². The van der Waals surface area contributed by atoms with Gasteiger partial charge in [-0.2, -0.15) is 0 Å². The van der Waals surface area contributed by atoms with Crippen molar-refractivity contribution in [3.8, 4) is 0 Å². The Labute approximate surface area is 40.6 Å². The van der Waals surface area contributed by atoms with Crippen LogP contribution in [0, 0.1) is 0 Å². The van der Waals surface area contributed by atoms with Gasteiger partial charge in [-0.05, 0) is 0 Å². The molecule has 0 aromatic heterocycles. The maximum absolute atomic E-state index is 9.01. The summed E-state index contributed by atoms with van der Waals surface area (Å²) in [6, 6.07) is 0. The van der Waals surface area contributed by atoms with E-state index >= 15 is 0 Å². The molecule has 0 saturated heterocycles. The first kappa shape index (κ1) is 8.82. The van der Waals surface area contributed by atoms with Crippen molar-refractivity contribution in [2.24, 2.45) is 0 Å². The molecule has 0 aliphatic carbocycles. The average molecular weight is 65.9 g/mol. The fraction of sp³-hybridized carbons (Fsp3) is 0. The minimum atomic E-state index is -0.500. The van der Waals surface area contributed by atoms with Crippen LogP contribution in [0.15, 0.2) is 0 Å². The molecule has 18 valence electrons. The summed E-state index contributed by atoms with van der Waals surface area (Å²) in [5, 5.41) is 0. The van der Waals surface area contributed by atoms with E-state index in [0.29, 0.717) is 0 Å². The molecule has 1 nitrogen and oxygen atoms in total. The van der Waals surface area contributed by atoms with Crippen molar-refractivity contribution in [3.63, 3.8) is 0 Å². The van der Waals surface area contributed by atoms with Gasteiger partial charge < -0.3 is 4.46 Å². The summed E-state index contributed by atoms with van der Waals surface area (Å²) in [6.45, 7) is 0. The molecule has 0 aromatic rings. The molecule has 4 heavy (non-hydrogen) atoms. The first-order valence-corrected chi connectivity index (χ1v) is 2.44. The van der Waals surface area contributed by atoms with Gasteiger partial charge in [0, 0.05) is 0 Å². The van der Waals surface area contributed by atoms with Crippen molar-refractivity contribution < 1.29 is 4.46 Å². The standard InChI is InChI=1S/BH3OSi.Li.H/c1-3-2;;/h3H,1H2;;. The van der Waals surface area contributed by atoms with Crippen molar-refractivity contribution in [2.75, 3.05) is 0 Å². The van der Waals surface area contributed by atoms with Crippen molar-refractivity contribution in [3.05, 3.63) is 0 Å². The molecular formula is H4BLiOSi. The maximum atomic E-state index is 9.01. The predicted molar refractivity (Wildman–Crippen MR) is 23.5 cm³/mol. The molecule has 0 atom stereocenters. The first-order valence-electron chi connectivity index (χ1n) is 0.813. The average Bonchev–Trinajstić information content (AvgIpc) is 0.918. The van der Waals surface area contributed by atoms with Gasteiger partial charge in [0.2, 0.25) is 9.28 Å². The molecule has 0 N–H and O–H groups in total. The van der Waals surface area contributed by atoms with Gasteiger partial charge in [-0.3, -0.25) is 0 Å². The molecule has 0 radical (unpaired) electrons. The number of hydrogen-bond acceptors (Lipinski definition) is 1. The van der Waals surface area contributed by atoms with Gasteiger partial charge in [-0.1, -0.05) is 0 Å². The molecule has 0 rings (SSSR count). The van der Waals surface area contributed by atoms with E-state index in [4.69, 9.17) is 4.46 Å². The van der Waals surface area contributed by atoms with Crippen LogP contribution in [0.2, 0.25) is 0 Å². The minimum absolute atomic E-state index is 0. The first-order chi connectivity index (χ1) is 1.41. The molecule has 0 aliphatic rings. The topological polar surface area (TPSA) is 17.1 Å². The van der Waals surface area contributed by atoms with E-state index in [1.165, 1.54) is 0 Å². The summed E-state index contributed by atoms with van der Waals surface area (Å²) in [7, 11) is 1.15. The van der Waals surface area contributed by atoms with Crippen molar-refractivity contribution >= 4 is 35.6 Å². The second-order valence-corrected chi connectivity index (χ2v) is 0.707. The third-order valence-electron chi connectivity index (χ3n) is 0. The van der Waals surface area contributed by atoms with Crippen LogP contribution in [-0.2, 0) is 4.46 Å². The van der Waals surface area contributed by atoms with Gasteiger partial charge in [0.25, 0.3) is 0 Å². The fourth-order valence-electron chi connectivity index (χ4n) is 0. The third kappa shape index (κ3) is 16.4. The molecule has 0 unspecified atom stereocenters. The summed E-state index contributed by atoms with van der Waals surface area (Å²) in [5.74, 6) is 0. The van der Waals surface area contributed by atoms with Crippen LogP contribution >= 0.6 is 0 Å². The Balaban J connectivity index is 0. The Hall–Kier alpha value is 0.679. The monoisotopic (exact) mass is 66.0 g/mol. The summed E-state index contributed by atoms with van der Waals surface area (Å²) in [4.78, 5) is 0. The number of rotatable bonds is 0. The van der Waals surface area contributed by atoms with Crippen LogP contribution in [0.3, 0.4) is 0 Å². The Kier molecular flexibility index (Phi) is 20.7. The van der Waals surface area contributed by atoms with Gasteiger partial charge in [0.15, 0.2) is 7.44 Å². The van der Waals surface area contributed by atoms with Crippen LogP contribution in [0.4, 0.5) is 0 Å². The van der Waals surface area contributed by atoms with E-state index in [1.807, 2.05) is 0 Å². The van der Waals surface area contributed by atoms with E-state index in [0.717, 1.165) is 0 Å². The van der Waals surface area contributed by atoms with E-state index in [2.05, 4.69) is 0 Å². The molecule has 0 fully saturated rings. The zero-order chi connectivity index (χ0) is 2.71. The summed E-state index contributed by atoms with van der Waals surface area (Å²) < 4.78 is 9.01. The Morgan fingerprint density at radius 3 is 1.75 bits per heavy atom. The summed E-state index contributed by atoms with van der Waals surface area (Å²) >= 11 is 0. The molecular weight excluding hydrogens is 61.8 g/mol. The Morgan fingerprint density at radius 1 is 1.75 bits per heavy atom. The SMILES string of the molecule is B[SiH]=O.[LiH]. The van der Waals surface area contributed by atoms with Gasteiger partial charge in [0.1, 0.15) is 0 Å².